The van der Waals surface area contributed by atoms with E-state index in [4.69, 9.17) is 6.58 Å². The molecule has 0 spiro atoms. The zero-order valence-corrected chi connectivity index (χ0v) is 9.40. The molecule has 66 valence electrons. The van der Waals surface area contributed by atoms with Gasteiger partial charge in [0.2, 0.25) is 0 Å². The quantitative estimate of drug-likeness (QED) is 0.500. The fourth-order valence-electron chi connectivity index (χ4n) is 0.623. The molecule has 0 unspecified atom stereocenters. The van der Waals surface area contributed by atoms with E-state index in [1.165, 1.54) is 6.08 Å². The Balaban J connectivity index is -0.000000270. The van der Waals surface area contributed by atoms with Gasteiger partial charge in [0.1, 0.15) is 0 Å². The molecule has 0 saturated carbocycles. The van der Waals surface area contributed by atoms with Crippen LogP contribution in [0.2, 0.25) is 0 Å². The van der Waals surface area contributed by atoms with Gasteiger partial charge in [-0.25, -0.2) is 0 Å². The van der Waals surface area contributed by atoms with Crippen LogP contribution < -0.4 is 24.8 Å². The first-order chi connectivity index (χ1) is 4.43. The molecule has 0 aliphatic rings. The molecule has 0 aliphatic heterocycles. The van der Waals surface area contributed by atoms with E-state index >= 15 is 0 Å². The van der Waals surface area contributed by atoms with Gasteiger partial charge in [-0.3, -0.25) is 4.98 Å². The van der Waals surface area contributed by atoms with Crippen molar-refractivity contribution in [3.8, 4) is 0 Å². The number of allylic oxidation sites excluding steroid dienone is 1. The van der Waals surface area contributed by atoms with E-state index in [9.17, 15) is 0 Å². The second-order valence-electron chi connectivity index (χ2n) is 1.73. The molecule has 1 nitrogen and oxygen atoms in total. The average Bonchev–Trinajstić information content (AvgIpc) is 1.91. The third kappa shape index (κ3) is 6.78. The van der Waals surface area contributed by atoms with Crippen LogP contribution >= 0.6 is 0 Å². The van der Waals surface area contributed by atoms with Gasteiger partial charge < -0.3 is 24.8 Å². The summed E-state index contributed by atoms with van der Waals surface area (Å²) in [4.78, 5) is 4.02. The smallest absolute Gasteiger partial charge is 1.00 e. The van der Waals surface area contributed by atoms with Crippen molar-refractivity contribution in [1.82, 2.24) is 4.98 Å². The molecule has 1 heterocycles. The van der Waals surface area contributed by atoms with Gasteiger partial charge in [-0.05, 0) is 18.7 Å². The number of aromatic nitrogens is 1. The first kappa shape index (κ1) is 18.0. The van der Waals surface area contributed by atoms with Gasteiger partial charge in [0.25, 0.3) is 0 Å². The molecule has 0 fully saturated rings. The molecular weight excluding hydrogens is 282 g/mol. The molecule has 0 bridgehead atoms. The molecule has 0 saturated heterocycles. The Labute approximate surface area is 98.2 Å². The molecule has 0 aromatic carbocycles. The minimum atomic E-state index is 0. The Morgan fingerprint density at radius 1 is 1.33 bits per heavy atom. The van der Waals surface area contributed by atoms with Crippen molar-refractivity contribution in [3.63, 3.8) is 0 Å². The Bertz CT molecular complexity index is 192. The maximum Gasteiger partial charge on any atom is 2.00 e. The normalized spacial score (nSPS) is 6.67. The van der Waals surface area contributed by atoms with Crippen LogP contribution in [0.5, 0.6) is 0 Å². The molecule has 0 aliphatic carbocycles. The number of rotatable bonds is 2. The van der Waals surface area contributed by atoms with Crippen molar-refractivity contribution in [2.45, 2.75) is 6.42 Å². The first-order valence-electron chi connectivity index (χ1n) is 2.82. The molecule has 1 aromatic rings. The van der Waals surface area contributed by atoms with Crippen LogP contribution in [0.25, 0.3) is 0 Å². The van der Waals surface area contributed by atoms with E-state index in [0.29, 0.717) is 6.42 Å². The first-order valence-corrected chi connectivity index (χ1v) is 2.82. The van der Waals surface area contributed by atoms with Crippen LogP contribution in [0, 0.1) is 6.58 Å². The van der Waals surface area contributed by atoms with Gasteiger partial charge in [-0.1, -0.05) is 12.1 Å². The maximum atomic E-state index is 6.78. The van der Waals surface area contributed by atoms with Crippen LogP contribution in [0.1, 0.15) is 5.69 Å². The number of halogens is 2. The molecule has 4 heteroatoms. The van der Waals surface area contributed by atoms with Gasteiger partial charge in [0.15, 0.2) is 0 Å². The Morgan fingerprint density at radius 2 is 2.00 bits per heavy atom. The zero-order chi connectivity index (χ0) is 6.53. The Morgan fingerprint density at radius 3 is 2.42 bits per heavy atom. The minimum Gasteiger partial charge on any atom is -1.00 e. The molecular formula is C8H7Cl2NRu. The fourth-order valence-corrected chi connectivity index (χ4v) is 0.623. The van der Waals surface area contributed by atoms with Crippen LogP contribution in [0.15, 0.2) is 30.5 Å². The van der Waals surface area contributed by atoms with E-state index in [1.54, 1.807) is 6.20 Å². The molecule has 0 N–H and O–H groups in total. The van der Waals surface area contributed by atoms with Crippen molar-refractivity contribution in [3.05, 3.63) is 42.7 Å². The summed E-state index contributed by atoms with van der Waals surface area (Å²) in [6, 6.07) is 5.70. The summed E-state index contributed by atoms with van der Waals surface area (Å²) in [6.07, 6.45) is 3.72. The van der Waals surface area contributed by atoms with E-state index < -0.39 is 0 Å². The summed E-state index contributed by atoms with van der Waals surface area (Å²) in [5, 5.41) is 0. The van der Waals surface area contributed by atoms with E-state index in [1.807, 2.05) is 18.2 Å². The van der Waals surface area contributed by atoms with Gasteiger partial charge >= 0.3 is 19.5 Å². The summed E-state index contributed by atoms with van der Waals surface area (Å²) in [6.45, 7) is 6.78. The van der Waals surface area contributed by atoms with Gasteiger partial charge in [-0.15, -0.1) is 0 Å². The van der Waals surface area contributed by atoms with Gasteiger partial charge in [0.05, 0.1) is 0 Å². The topological polar surface area (TPSA) is 12.9 Å². The average molecular weight is 289 g/mol. The van der Waals surface area contributed by atoms with Crippen molar-refractivity contribution >= 4 is 0 Å². The summed E-state index contributed by atoms with van der Waals surface area (Å²) < 4.78 is 0. The van der Waals surface area contributed by atoms with Crippen LogP contribution in [-0.4, -0.2) is 4.98 Å². The monoisotopic (exact) mass is 289 g/mol. The second-order valence-corrected chi connectivity index (χ2v) is 1.73. The van der Waals surface area contributed by atoms with Crippen LogP contribution in [0.4, 0.5) is 0 Å². The van der Waals surface area contributed by atoms with Gasteiger partial charge in [0, 0.05) is 18.3 Å². The van der Waals surface area contributed by atoms with Crippen LogP contribution in [0.3, 0.4) is 0 Å². The number of pyridine rings is 1. The molecule has 0 amide bonds. The van der Waals surface area contributed by atoms with Crippen molar-refractivity contribution in [1.29, 1.82) is 0 Å². The Hall–Kier alpha value is 0.0934. The maximum absolute atomic E-state index is 6.78. The SMILES string of the molecule is [C]=CCc1ccccn1.[Cl-].[Cl-].[Ru+2]. The third-order valence-corrected chi connectivity index (χ3v) is 1.04. The largest absolute Gasteiger partial charge is 2.00 e. The van der Waals surface area contributed by atoms with Crippen molar-refractivity contribution < 1.29 is 44.3 Å². The summed E-state index contributed by atoms with van der Waals surface area (Å²) in [5.74, 6) is 0. The van der Waals surface area contributed by atoms with E-state index in [-0.39, 0.29) is 44.3 Å². The molecule has 2 radical (unpaired) electrons. The summed E-state index contributed by atoms with van der Waals surface area (Å²) in [5.41, 5.74) is 0.951. The van der Waals surface area contributed by atoms with Gasteiger partial charge in [-0.2, -0.15) is 0 Å². The molecule has 1 aromatic heterocycles. The van der Waals surface area contributed by atoms with Crippen LogP contribution in [-0.2, 0) is 25.9 Å². The Kier molecular flexibility index (Phi) is 16.6. The third-order valence-electron chi connectivity index (χ3n) is 1.04. The number of hydrogen-bond acceptors (Lipinski definition) is 1. The van der Waals surface area contributed by atoms with E-state index in [0.717, 1.165) is 5.69 Å². The standard InChI is InChI=1S/C8H7N.2ClH.Ru/c1-2-5-8-6-3-4-7-9-8;;;/h2-4,6-7H,5H2;2*1H;/q;;;+2/p-2. The molecule has 1 rings (SSSR count). The fraction of sp³-hybridized carbons (Fsp3) is 0.125. The number of hydrogen-bond donors (Lipinski definition) is 0. The second kappa shape index (κ2) is 11.1. The predicted molar refractivity (Wildman–Crippen MR) is 35.8 cm³/mol. The number of nitrogens with zero attached hydrogens (tertiary/aromatic N) is 1. The molecule has 0 atom stereocenters. The predicted octanol–water partition coefficient (Wildman–Crippen LogP) is -4.50. The van der Waals surface area contributed by atoms with Crippen molar-refractivity contribution in [2.24, 2.45) is 0 Å². The molecule has 12 heavy (non-hydrogen) atoms. The summed E-state index contributed by atoms with van der Waals surface area (Å²) in [7, 11) is 0. The van der Waals surface area contributed by atoms with E-state index in [2.05, 4.69) is 4.98 Å². The minimum absolute atomic E-state index is 0. The zero-order valence-electron chi connectivity index (χ0n) is 6.15. The summed E-state index contributed by atoms with van der Waals surface area (Å²) >= 11 is 0. The van der Waals surface area contributed by atoms with Crippen molar-refractivity contribution in [2.75, 3.05) is 0 Å².